The summed E-state index contributed by atoms with van der Waals surface area (Å²) in [5.74, 6) is 0.784. The Balaban J connectivity index is 2.02. The molecule has 0 fully saturated rings. The molecular formula is C15H16ClNO3. The van der Waals surface area contributed by atoms with Crippen LogP contribution in [0.3, 0.4) is 0 Å². The highest BCUT2D eigenvalue weighted by molar-refractivity contribution is 6.30. The van der Waals surface area contributed by atoms with Crippen molar-refractivity contribution in [3.8, 4) is 0 Å². The predicted octanol–water partition coefficient (Wildman–Crippen LogP) is 3.35. The van der Waals surface area contributed by atoms with Gasteiger partial charge >= 0.3 is 0 Å². The number of nitrogens with zero attached hydrogens (tertiary/aromatic N) is 1. The lowest BCUT2D eigenvalue weighted by molar-refractivity contribution is 0.0745. The van der Waals surface area contributed by atoms with E-state index in [0.717, 1.165) is 5.56 Å². The number of carbonyl (C=O) groups excluding carboxylic acids is 1. The van der Waals surface area contributed by atoms with Crippen molar-refractivity contribution in [1.29, 1.82) is 0 Å². The topological polar surface area (TPSA) is 42.7 Å². The van der Waals surface area contributed by atoms with Crippen LogP contribution >= 0.6 is 11.6 Å². The van der Waals surface area contributed by atoms with Crippen LogP contribution in [0.15, 0.2) is 40.8 Å². The Labute approximate surface area is 122 Å². The molecule has 0 saturated carbocycles. The molecule has 0 N–H and O–H groups in total. The van der Waals surface area contributed by atoms with Crippen molar-refractivity contribution in [1.82, 2.24) is 4.90 Å². The molecule has 1 aromatic heterocycles. The number of amides is 1. The van der Waals surface area contributed by atoms with Crippen LogP contribution in [0.5, 0.6) is 0 Å². The molecule has 4 nitrogen and oxygen atoms in total. The van der Waals surface area contributed by atoms with Crippen LogP contribution < -0.4 is 0 Å². The third-order valence-electron chi connectivity index (χ3n) is 2.84. The van der Waals surface area contributed by atoms with Gasteiger partial charge < -0.3 is 14.1 Å². The Bertz CT molecular complexity index is 577. The average Bonchev–Trinajstić information content (AvgIpc) is 2.89. The summed E-state index contributed by atoms with van der Waals surface area (Å²) in [5, 5.41) is 0.679. The first-order valence-corrected chi connectivity index (χ1v) is 6.55. The molecule has 0 aliphatic rings. The molecule has 5 heteroatoms. The molecule has 1 heterocycles. The monoisotopic (exact) mass is 293 g/mol. The largest absolute Gasteiger partial charge is 0.453 e. The zero-order valence-corrected chi connectivity index (χ0v) is 12.2. The van der Waals surface area contributed by atoms with E-state index in [1.54, 1.807) is 43.3 Å². The van der Waals surface area contributed by atoms with Gasteiger partial charge in [0, 0.05) is 25.7 Å². The van der Waals surface area contributed by atoms with Crippen LogP contribution in [0.1, 0.15) is 21.9 Å². The minimum atomic E-state index is -0.165. The first-order valence-electron chi connectivity index (χ1n) is 6.17. The molecule has 0 aliphatic carbocycles. The molecule has 0 atom stereocenters. The number of carbonyl (C=O) groups is 1. The van der Waals surface area contributed by atoms with Gasteiger partial charge in [-0.25, -0.2) is 0 Å². The lowest BCUT2D eigenvalue weighted by Gasteiger charge is -2.15. The summed E-state index contributed by atoms with van der Waals surface area (Å²) in [6.07, 6.45) is 0. The molecular weight excluding hydrogens is 278 g/mol. The first-order chi connectivity index (χ1) is 9.60. The van der Waals surface area contributed by atoms with Gasteiger partial charge in [0.15, 0.2) is 5.76 Å². The van der Waals surface area contributed by atoms with Crippen LogP contribution in [0.4, 0.5) is 0 Å². The Kier molecular flexibility index (Phi) is 4.82. The summed E-state index contributed by atoms with van der Waals surface area (Å²) in [7, 11) is 3.31. The highest BCUT2D eigenvalue weighted by Crippen LogP contribution is 2.14. The molecule has 106 valence electrons. The second-order valence-electron chi connectivity index (χ2n) is 4.49. The van der Waals surface area contributed by atoms with Crippen molar-refractivity contribution < 1.29 is 13.9 Å². The van der Waals surface area contributed by atoms with Crippen molar-refractivity contribution in [2.45, 2.75) is 13.2 Å². The van der Waals surface area contributed by atoms with E-state index in [9.17, 15) is 4.79 Å². The lowest BCUT2D eigenvalue weighted by Crippen LogP contribution is -2.25. The minimum Gasteiger partial charge on any atom is -0.453 e. The number of hydrogen-bond acceptors (Lipinski definition) is 3. The molecule has 0 saturated heterocycles. The van der Waals surface area contributed by atoms with E-state index >= 15 is 0 Å². The van der Waals surface area contributed by atoms with E-state index in [1.807, 2.05) is 12.1 Å². The lowest BCUT2D eigenvalue weighted by atomic mass is 10.2. The summed E-state index contributed by atoms with van der Waals surface area (Å²) in [5.41, 5.74) is 1.01. The second kappa shape index (κ2) is 6.59. The average molecular weight is 294 g/mol. The normalized spacial score (nSPS) is 10.6. The van der Waals surface area contributed by atoms with Crippen molar-refractivity contribution in [3.63, 3.8) is 0 Å². The quantitative estimate of drug-likeness (QED) is 0.849. The van der Waals surface area contributed by atoms with Gasteiger partial charge in [-0.2, -0.15) is 0 Å². The van der Waals surface area contributed by atoms with E-state index < -0.39 is 0 Å². The Hall–Kier alpha value is -1.78. The zero-order chi connectivity index (χ0) is 14.5. The van der Waals surface area contributed by atoms with Crippen molar-refractivity contribution in [3.05, 3.63) is 58.5 Å². The fourth-order valence-corrected chi connectivity index (χ4v) is 1.96. The van der Waals surface area contributed by atoms with Gasteiger partial charge in [-0.15, -0.1) is 0 Å². The highest BCUT2D eigenvalue weighted by atomic mass is 35.5. The van der Waals surface area contributed by atoms with Crippen LogP contribution in [0, 0.1) is 0 Å². The van der Waals surface area contributed by atoms with Crippen molar-refractivity contribution >= 4 is 17.5 Å². The SMILES string of the molecule is COCc1ccc(C(=O)N(C)Cc2ccc(Cl)cc2)o1. The Morgan fingerprint density at radius 1 is 1.25 bits per heavy atom. The van der Waals surface area contributed by atoms with Gasteiger partial charge in [0.25, 0.3) is 5.91 Å². The van der Waals surface area contributed by atoms with Crippen LogP contribution in [-0.2, 0) is 17.9 Å². The molecule has 0 aliphatic heterocycles. The predicted molar refractivity (Wildman–Crippen MR) is 76.7 cm³/mol. The third kappa shape index (κ3) is 3.62. The van der Waals surface area contributed by atoms with Crippen molar-refractivity contribution in [2.24, 2.45) is 0 Å². The maximum Gasteiger partial charge on any atom is 0.289 e. The molecule has 0 spiro atoms. The van der Waals surface area contributed by atoms with Crippen LogP contribution in [0.2, 0.25) is 5.02 Å². The number of rotatable bonds is 5. The zero-order valence-electron chi connectivity index (χ0n) is 11.4. The maximum absolute atomic E-state index is 12.2. The van der Waals surface area contributed by atoms with E-state index in [2.05, 4.69) is 0 Å². The molecule has 1 amide bonds. The van der Waals surface area contributed by atoms with E-state index in [0.29, 0.717) is 29.7 Å². The van der Waals surface area contributed by atoms with Gasteiger partial charge in [0.1, 0.15) is 12.4 Å². The molecule has 0 unspecified atom stereocenters. The summed E-state index contributed by atoms with van der Waals surface area (Å²) >= 11 is 5.83. The highest BCUT2D eigenvalue weighted by Gasteiger charge is 2.16. The minimum absolute atomic E-state index is 0.165. The molecule has 0 bridgehead atoms. The number of hydrogen-bond donors (Lipinski definition) is 0. The molecule has 2 rings (SSSR count). The third-order valence-corrected chi connectivity index (χ3v) is 3.09. The van der Waals surface area contributed by atoms with E-state index in [4.69, 9.17) is 20.8 Å². The van der Waals surface area contributed by atoms with Gasteiger partial charge in [0.05, 0.1) is 0 Å². The maximum atomic E-state index is 12.2. The van der Waals surface area contributed by atoms with Gasteiger partial charge in [-0.05, 0) is 29.8 Å². The fourth-order valence-electron chi connectivity index (χ4n) is 1.84. The van der Waals surface area contributed by atoms with Crippen molar-refractivity contribution in [2.75, 3.05) is 14.2 Å². The number of ether oxygens (including phenoxy) is 1. The molecule has 2 aromatic rings. The van der Waals surface area contributed by atoms with Crippen LogP contribution in [-0.4, -0.2) is 25.0 Å². The number of methoxy groups -OCH3 is 1. The first kappa shape index (κ1) is 14.6. The van der Waals surface area contributed by atoms with Crippen LogP contribution in [0.25, 0.3) is 0 Å². The smallest absolute Gasteiger partial charge is 0.289 e. The van der Waals surface area contributed by atoms with E-state index in [-0.39, 0.29) is 5.91 Å². The number of benzene rings is 1. The molecule has 0 radical (unpaired) electrons. The summed E-state index contributed by atoms with van der Waals surface area (Å²) in [6.45, 7) is 0.852. The van der Waals surface area contributed by atoms with Gasteiger partial charge in [-0.3, -0.25) is 4.79 Å². The molecule has 1 aromatic carbocycles. The summed E-state index contributed by atoms with van der Waals surface area (Å²) in [6, 6.07) is 10.8. The summed E-state index contributed by atoms with van der Waals surface area (Å²) in [4.78, 5) is 13.8. The number of furan rings is 1. The van der Waals surface area contributed by atoms with Gasteiger partial charge in [0.2, 0.25) is 0 Å². The second-order valence-corrected chi connectivity index (χ2v) is 4.92. The summed E-state index contributed by atoms with van der Waals surface area (Å²) < 4.78 is 10.4. The Morgan fingerprint density at radius 2 is 1.95 bits per heavy atom. The van der Waals surface area contributed by atoms with E-state index in [1.165, 1.54) is 0 Å². The number of halogens is 1. The fraction of sp³-hybridized carbons (Fsp3) is 0.267. The standard InChI is InChI=1S/C15H16ClNO3/c1-17(9-11-3-5-12(16)6-4-11)15(18)14-8-7-13(20-14)10-19-2/h3-8H,9-10H2,1-2H3. The molecule has 20 heavy (non-hydrogen) atoms. The Morgan fingerprint density at radius 3 is 2.60 bits per heavy atom. The van der Waals surface area contributed by atoms with Gasteiger partial charge in [-0.1, -0.05) is 23.7 Å².